The molecule has 0 saturated carbocycles. The Kier molecular flexibility index (Phi) is 4.89. The van der Waals surface area contributed by atoms with Gasteiger partial charge in [0.1, 0.15) is 17.3 Å². The maximum absolute atomic E-state index is 13.0. The quantitative estimate of drug-likeness (QED) is 0.862. The van der Waals surface area contributed by atoms with Gasteiger partial charge in [0, 0.05) is 25.8 Å². The van der Waals surface area contributed by atoms with Crippen LogP contribution in [0.15, 0.2) is 30.7 Å². The van der Waals surface area contributed by atoms with Crippen LogP contribution in [0.2, 0.25) is 0 Å². The minimum atomic E-state index is -1.08. The zero-order valence-electron chi connectivity index (χ0n) is 13.9. The molecule has 132 valence electrons. The van der Waals surface area contributed by atoms with Crippen molar-refractivity contribution in [3.63, 3.8) is 0 Å². The van der Waals surface area contributed by atoms with Crippen molar-refractivity contribution in [2.75, 3.05) is 24.5 Å². The molecule has 0 spiro atoms. The van der Waals surface area contributed by atoms with Gasteiger partial charge in [-0.25, -0.2) is 14.4 Å². The summed E-state index contributed by atoms with van der Waals surface area (Å²) < 4.78 is 13.0. The van der Waals surface area contributed by atoms with Crippen LogP contribution in [-0.4, -0.2) is 51.2 Å². The highest BCUT2D eigenvalue weighted by atomic mass is 19.1. The molecule has 1 saturated heterocycles. The van der Waals surface area contributed by atoms with Crippen molar-refractivity contribution in [1.82, 2.24) is 20.3 Å². The summed E-state index contributed by atoms with van der Waals surface area (Å²) in [4.78, 5) is 26.1. The van der Waals surface area contributed by atoms with Crippen molar-refractivity contribution < 1.29 is 14.3 Å². The standard InChI is InChI=1S/C17H20FN5O2/c1-12-7-20-14(9-19-12)16(24)22-10-17(25)5-2-6-23(11-17)15-4-3-13(18)8-21-15/h3-4,7-9,25H,2,5-6,10-11H2,1H3,(H,22,24)/t17-/m1/s1. The summed E-state index contributed by atoms with van der Waals surface area (Å²) in [7, 11) is 0. The number of nitrogens with one attached hydrogen (secondary N) is 1. The molecule has 2 N–H and O–H groups in total. The van der Waals surface area contributed by atoms with Crippen molar-refractivity contribution in [2.45, 2.75) is 25.4 Å². The molecule has 2 aromatic heterocycles. The monoisotopic (exact) mass is 345 g/mol. The van der Waals surface area contributed by atoms with Gasteiger partial charge in [0.05, 0.1) is 23.7 Å². The molecular weight excluding hydrogens is 325 g/mol. The number of β-amino-alcohol motifs (C(OH)–C–C–N with tert-alkyl or cyclic N) is 1. The number of amides is 1. The number of piperidine rings is 1. The first kappa shape index (κ1) is 17.2. The van der Waals surface area contributed by atoms with E-state index in [9.17, 15) is 14.3 Å². The SMILES string of the molecule is Cc1cnc(C(=O)NC[C@]2(O)CCCN(c3ccc(F)cn3)C2)cn1. The van der Waals surface area contributed by atoms with Crippen LogP contribution in [0.4, 0.5) is 10.2 Å². The first-order valence-electron chi connectivity index (χ1n) is 8.11. The zero-order valence-corrected chi connectivity index (χ0v) is 13.9. The van der Waals surface area contributed by atoms with E-state index in [1.54, 1.807) is 13.0 Å². The summed E-state index contributed by atoms with van der Waals surface area (Å²) >= 11 is 0. The van der Waals surface area contributed by atoms with E-state index in [2.05, 4.69) is 20.3 Å². The number of pyridine rings is 1. The lowest BCUT2D eigenvalue weighted by Gasteiger charge is -2.39. The Morgan fingerprint density at radius 1 is 1.32 bits per heavy atom. The van der Waals surface area contributed by atoms with Crippen LogP contribution >= 0.6 is 0 Å². The van der Waals surface area contributed by atoms with Crippen LogP contribution < -0.4 is 10.2 Å². The number of hydrogen-bond acceptors (Lipinski definition) is 6. The van der Waals surface area contributed by atoms with Crippen LogP contribution in [0.25, 0.3) is 0 Å². The van der Waals surface area contributed by atoms with E-state index in [-0.39, 0.29) is 18.1 Å². The molecule has 3 heterocycles. The second kappa shape index (κ2) is 7.10. The third-order valence-corrected chi connectivity index (χ3v) is 4.18. The third-order valence-electron chi connectivity index (χ3n) is 4.18. The number of carbonyl (C=O) groups excluding carboxylic acids is 1. The number of aromatic nitrogens is 3. The first-order valence-corrected chi connectivity index (χ1v) is 8.11. The highest BCUT2D eigenvalue weighted by Gasteiger charge is 2.34. The lowest BCUT2D eigenvalue weighted by molar-refractivity contribution is 0.0253. The minimum absolute atomic E-state index is 0.0963. The summed E-state index contributed by atoms with van der Waals surface area (Å²) in [6, 6.07) is 2.93. The Morgan fingerprint density at radius 2 is 2.16 bits per heavy atom. The largest absolute Gasteiger partial charge is 0.386 e. The number of anilines is 1. The van der Waals surface area contributed by atoms with Crippen molar-refractivity contribution in [3.05, 3.63) is 47.9 Å². The molecule has 3 rings (SSSR count). The lowest BCUT2D eigenvalue weighted by atomic mass is 9.92. The fraction of sp³-hybridized carbons (Fsp3) is 0.412. The van der Waals surface area contributed by atoms with Gasteiger partial charge in [-0.1, -0.05) is 0 Å². The van der Waals surface area contributed by atoms with Crippen LogP contribution in [0, 0.1) is 12.7 Å². The summed E-state index contributed by atoms with van der Waals surface area (Å²) in [6.45, 7) is 2.92. The van der Waals surface area contributed by atoms with E-state index in [0.29, 0.717) is 18.8 Å². The molecule has 1 aliphatic heterocycles. The van der Waals surface area contributed by atoms with Gasteiger partial charge in [0.25, 0.3) is 5.91 Å². The van der Waals surface area contributed by atoms with Crippen molar-refractivity contribution in [3.8, 4) is 0 Å². The summed E-state index contributed by atoms with van der Waals surface area (Å²) in [5, 5.41) is 13.5. The molecule has 2 aromatic rings. The average molecular weight is 345 g/mol. The van der Waals surface area contributed by atoms with Gasteiger partial charge in [-0.2, -0.15) is 0 Å². The maximum atomic E-state index is 13.0. The van der Waals surface area contributed by atoms with E-state index in [1.807, 2.05) is 4.90 Å². The molecule has 0 bridgehead atoms. The van der Waals surface area contributed by atoms with Gasteiger partial charge >= 0.3 is 0 Å². The summed E-state index contributed by atoms with van der Waals surface area (Å²) in [5.74, 6) is -0.171. The number of hydrogen-bond donors (Lipinski definition) is 2. The number of halogens is 1. The number of carbonyl (C=O) groups is 1. The Labute approximate surface area is 144 Å². The zero-order chi connectivity index (χ0) is 17.9. The van der Waals surface area contributed by atoms with Crippen LogP contribution in [-0.2, 0) is 0 Å². The fourth-order valence-electron chi connectivity index (χ4n) is 2.85. The number of aliphatic hydroxyl groups is 1. The molecule has 1 fully saturated rings. The van der Waals surface area contributed by atoms with E-state index in [0.717, 1.165) is 24.9 Å². The minimum Gasteiger partial charge on any atom is -0.386 e. The molecule has 0 aromatic carbocycles. The van der Waals surface area contributed by atoms with Crippen LogP contribution in [0.3, 0.4) is 0 Å². The second-order valence-corrected chi connectivity index (χ2v) is 6.31. The highest BCUT2D eigenvalue weighted by Crippen LogP contribution is 2.24. The van der Waals surface area contributed by atoms with E-state index in [4.69, 9.17) is 0 Å². The average Bonchev–Trinajstić information content (AvgIpc) is 2.61. The molecule has 0 aliphatic carbocycles. The Hall–Kier alpha value is -2.61. The van der Waals surface area contributed by atoms with Gasteiger partial charge in [0.2, 0.25) is 0 Å². The summed E-state index contributed by atoms with van der Waals surface area (Å²) in [6.07, 6.45) is 5.39. The van der Waals surface area contributed by atoms with E-state index >= 15 is 0 Å². The van der Waals surface area contributed by atoms with Crippen molar-refractivity contribution >= 4 is 11.7 Å². The molecular formula is C17H20FN5O2. The predicted octanol–water partition coefficient (Wildman–Crippen LogP) is 1.08. The highest BCUT2D eigenvalue weighted by molar-refractivity contribution is 5.91. The van der Waals surface area contributed by atoms with E-state index in [1.165, 1.54) is 18.5 Å². The summed E-state index contributed by atoms with van der Waals surface area (Å²) in [5.41, 5.74) is -0.144. The Balaban J connectivity index is 1.61. The second-order valence-electron chi connectivity index (χ2n) is 6.31. The molecule has 8 heteroatoms. The number of nitrogens with zero attached hydrogens (tertiary/aromatic N) is 4. The molecule has 1 amide bonds. The van der Waals surface area contributed by atoms with Crippen molar-refractivity contribution in [1.29, 1.82) is 0 Å². The molecule has 1 aliphatic rings. The Bertz CT molecular complexity index is 738. The predicted molar refractivity (Wildman–Crippen MR) is 89.7 cm³/mol. The van der Waals surface area contributed by atoms with Crippen LogP contribution in [0.5, 0.6) is 0 Å². The number of rotatable bonds is 4. The van der Waals surface area contributed by atoms with Gasteiger partial charge in [-0.3, -0.25) is 9.78 Å². The molecule has 7 nitrogen and oxygen atoms in total. The third kappa shape index (κ3) is 4.27. The van der Waals surface area contributed by atoms with Crippen LogP contribution in [0.1, 0.15) is 29.0 Å². The van der Waals surface area contributed by atoms with Gasteiger partial charge in [0.15, 0.2) is 0 Å². The molecule has 1 atom stereocenters. The Morgan fingerprint density at radius 3 is 2.84 bits per heavy atom. The fourth-order valence-corrected chi connectivity index (χ4v) is 2.85. The first-order chi connectivity index (χ1) is 12.0. The smallest absolute Gasteiger partial charge is 0.271 e. The number of aryl methyl sites for hydroxylation is 1. The lowest BCUT2D eigenvalue weighted by Crippen LogP contribution is -2.54. The van der Waals surface area contributed by atoms with E-state index < -0.39 is 11.4 Å². The van der Waals surface area contributed by atoms with Gasteiger partial charge < -0.3 is 15.3 Å². The normalized spacial score (nSPS) is 20.4. The van der Waals surface area contributed by atoms with Crippen molar-refractivity contribution in [2.24, 2.45) is 0 Å². The topological polar surface area (TPSA) is 91.2 Å². The molecule has 0 radical (unpaired) electrons. The maximum Gasteiger partial charge on any atom is 0.271 e. The van der Waals surface area contributed by atoms with Gasteiger partial charge in [-0.15, -0.1) is 0 Å². The molecule has 0 unspecified atom stereocenters. The molecule has 25 heavy (non-hydrogen) atoms. The van der Waals surface area contributed by atoms with Gasteiger partial charge in [-0.05, 0) is 31.9 Å².